The van der Waals surface area contributed by atoms with E-state index in [1.807, 2.05) is 0 Å². The first-order valence-corrected chi connectivity index (χ1v) is 5.69. The van der Waals surface area contributed by atoms with Crippen molar-refractivity contribution in [1.29, 1.82) is 0 Å². The van der Waals surface area contributed by atoms with Crippen molar-refractivity contribution in [3.05, 3.63) is 29.8 Å². The first-order valence-electron chi connectivity index (χ1n) is 5.69. The number of hydrogen-bond donors (Lipinski definition) is 2. The Balaban J connectivity index is 1.94. The Labute approximate surface area is 103 Å². The lowest BCUT2D eigenvalue weighted by atomic mass is 9.89. The Bertz CT molecular complexity index is 403. The number of benzene rings is 1. The molecule has 0 aromatic heterocycles. The van der Waals surface area contributed by atoms with Crippen molar-refractivity contribution in [2.24, 2.45) is 0 Å². The molecule has 0 radical (unpaired) electrons. The molecule has 1 aromatic rings. The van der Waals surface area contributed by atoms with Gasteiger partial charge < -0.3 is 15.2 Å². The molecule has 1 aromatic carbocycles. The summed E-state index contributed by atoms with van der Waals surface area (Å²) >= 11 is 0. The summed E-state index contributed by atoms with van der Waals surface area (Å²) in [5.74, 6) is -0.183. The number of halogens is 3. The maximum Gasteiger partial charge on any atom is 0.573 e. The molecule has 1 aliphatic rings. The second-order valence-electron chi connectivity index (χ2n) is 4.36. The van der Waals surface area contributed by atoms with Crippen LogP contribution >= 0.6 is 0 Å². The van der Waals surface area contributed by atoms with E-state index in [9.17, 15) is 13.2 Å². The van der Waals surface area contributed by atoms with Crippen LogP contribution in [0.1, 0.15) is 18.4 Å². The maximum atomic E-state index is 12.2. The first-order chi connectivity index (χ1) is 8.44. The predicted octanol–water partition coefficient (Wildman–Crippen LogP) is 2.20. The number of para-hydroxylation sites is 1. The molecule has 0 saturated heterocycles. The van der Waals surface area contributed by atoms with Gasteiger partial charge in [-0.25, -0.2) is 0 Å². The summed E-state index contributed by atoms with van der Waals surface area (Å²) in [6.07, 6.45) is -3.68. The number of ether oxygens (including phenoxy) is 1. The van der Waals surface area contributed by atoms with Crippen LogP contribution in [0.4, 0.5) is 13.2 Å². The van der Waals surface area contributed by atoms with E-state index in [1.165, 1.54) is 12.1 Å². The molecule has 2 N–H and O–H groups in total. The van der Waals surface area contributed by atoms with E-state index in [-0.39, 0.29) is 17.9 Å². The van der Waals surface area contributed by atoms with Gasteiger partial charge in [-0.15, -0.1) is 13.2 Å². The average Bonchev–Trinajstić information content (AvgIpc) is 2.22. The number of aliphatic hydroxyl groups excluding tert-OH is 1. The number of hydrogen-bond acceptors (Lipinski definition) is 3. The van der Waals surface area contributed by atoms with Crippen LogP contribution in [0, 0.1) is 0 Å². The van der Waals surface area contributed by atoms with Gasteiger partial charge >= 0.3 is 6.36 Å². The molecule has 3 nitrogen and oxygen atoms in total. The number of rotatable bonds is 4. The molecule has 0 spiro atoms. The van der Waals surface area contributed by atoms with Crippen LogP contribution in [0.2, 0.25) is 0 Å². The van der Waals surface area contributed by atoms with Gasteiger partial charge in [-0.2, -0.15) is 0 Å². The van der Waals surface area contributed by atoms with Crippen LogP contribution in [0.15, 0.2) is 24.3 Å². The highest BCUT2D eigenvalue weighted by Gasteiger charge is 2.32. The van der Waals surface area contributed by atoms with E-state index < -0.39 is 6.36 Å². The third-order valence-corrected chi connectivity index (χ3v) is 2.89. The highest BCUT2D eigenvalue weighted by Crippen LogP contribution is 2.27. The SMILES string of the molecule is OC1CC(NCc2ccccc2OC(F)(F)F)C1. The van der Waals surface area contributed by atoms with Crippen LogP contribution in [-0.2, 0) is 6.54 Å². The molecule has 0 unspecified atom stereocenters. The lowest BCUT2D eigenvalue weighted by molar-refractivity contribution is -0.274. The normalized spacial score (nSPS) is 23.6. The molecule has 0 aliphatic heterocycles. The van der Waals surface area contributed by atoms with E-state index in [2.05, 4.69) is 10.1 Å². The van der Waals surface area contributed by atoms with Crippen LogP contribution < -0.4 is 10.1 Å². The van der Waals surface area contributed by atoms with Gasteiger partial charge in [-0.1, -0.05) is 18.2 Å². The standard InChI is InChI=1S/C12H14F3NO2/c13-12(14,15)18-11-4-2-1-3-8(11)7-16-9-5-10(17)6-9/h1-4,9-10,16-17H,5-7H2. The largest absolute Gasteiger partial charge is 0.573 e. The van der Waals surface area contributed by atoms with Crippen molar-refractivity contribution in [1.82, 2.24) is 5.32 Å². The van der Waals surface area contributed by atoms with E-state index >= 15 is 0 Å². The maximum absolute atomic E-state index is 12.2. The molecule has 0 heterocycles. The van der Waals surface area contributed by atoms with Gasteiger partial charge in [0.1, 0.15) is 5.75 Å². The zero-order valence-electron chi connectivity index (χ0n) is 9.57. The van der Waals surface area contributed by atoms with Gasteiger partial charge in [-0.3, -0.25) is 0 Å². The number of nitrogens with one attached hydrogen (secondary N) is 1. The molecular weight excluding hydrogens is 247 g/mol. The summed E-state index contributed by atoms with van der Waals surface area (Å²) in [5.41, 5.74) is 0.455. The molecule has 2 rings (SSSR count). The van der Waals surface area contributed by atoms with E-state index in [0.29, 0.717) is 24.9 Å². The van der Waals surface area contributed by atoms with Crippen molar-refractivity contribution in [3.63, 3.8) is 0 Å². The molecule has 1 fully saturated rings. The second kappa shape index (κ2) is 5.16. The molecule has 1 saturated carbocycles. The minimum Gasteiger partial charge on any atom is -0.405 e. The fourth-order valence-corrected chi connectivity index (χ4v) is 1.88. The summed E-state index contributed by atoms with van der Waals surface area (Å²) in [5, 5.41) is 12.2. The highest BCUT2D eigenvalue weighted by molar-refractivity contribution is 5.33. The van der Waals surface area contributed by atoms with Gasteiger partial charge in [0.15, 0.2) is 0 Å². The van der Waals surface area contributed by atoms with E-state index in [4.69, 9.17) is 5.11 Å². The van der Waals surface area contributed by atoms with E-state index in [0.717, 1.165) is 0 Å². The van der Waals surface area contributed by atoms with Gasteiger partial charge in [-0.05, 0) is 18.9 Å². The summed E-state index contributed by atoms with van der Waals surface area (Å²) in [7, 11) is 0. The minimum absolute atomic E-state index is 0.166. The third-order valence-electron chi connectivity index (χ3n) is 2.89. The van der Waals surface area contributed by atoms with Gasteiger partial charge in [0.05, 0.1) is 6.10 Å². The topological polar surface area (TPSA) is 41.5 Å². The van der Waals surface area contributed by atoms with Crippen molar-refractivity contribution in [2.45, 2.75) is 37.9 Å². The Morgan fingerprint density at radius 1 is 1.28 bits per heavy atom. The zero-order valence-corrected chi connectivity index (χ0v) is 9.57. The molecule has 100 valence electrons. The van der Waals surface area contributed by atoms with Crippen LogP contribution in [0.25, 0.3) is 0 Å². The summed E-state index contributed by atoms with van der Waals surface area (Å²) in [4.78, 5) is 0. The fraction of sp³-hybridized carbons (Fsp3) is 0.500. The van der Waals surface area contributed by atoms with Crippen molar-refractivity contribution in [2.75, 3.05) is 0 Å². The smallest absolute Gasteiger partial charge is 0.405 e. The number of aliphatic hydroxyl groups is 1. The van der Waals surface area contributed by atoms with Gasteiger partial charge in [0.2, 0.25) is 0 Å². The van der Waals surface area contributed by atoms with Crippen molar-refractivity contribution >= 4 is 0 Å². The lowest BCUT2D eigenvalue weighted by Gasteiger charge is -2.32. The Hall–Kier alpha value is -1.27. The quantitative estimate of drug-likeness (QED) is 0.873. The summed E-state index contributed by atoms with van der Waals surface area (Å²) in [6, 6.07) is 6.20. The Morgan fingerprint density at radius 2 is 1.94 bits per heavy atom. The van der Waals surface area contributed by atoms with Crippen LogP contribution in [-0.4, -0.2) is 23.6 Å². The first kappa shape index (κ1) is 13.2. The fourth-order valence-electron chi connectivity index (χ4n) is 1.88. The predicted molar refractivity (Wildman–Crippen MR) is 59.0 cm³/mol. The van der Waals surface area contributed by atoms with Crippen LogP contribution in [0.5, 0.6) is 5.75 Å². The third kappa shape index (κ3) is 3.61. The second-order valence-corrected chi connectivity index (χ2v) is 4.36. The molecule has 0 bridgehead atoms. The van der Waals surface area contributed by atoms with E-state index in [1.54, 1.807) is 12.1 Å². The minimum atomic E-state index is -4.68. The lowest BCUT2D eigenvalue weighted by Crippen LogP contribution is -2.43. The highest BCUT2D eigenvalue weighted by atomic mass is 19.4. The molecule has 0 atom stereocenters. The number of alkyl halides is 3. The summed E-state index contributed by atoms with van der Waals surface area (Å²) < 4.78 is 40.5. The Morgan fingerprint density at radius 3 is 2.56 bits per heavy atom. The molecule has 1 aliphatic carbocycles. The molecule has 18 heavy (non-hydrogen) atoms. The van der Waals surface area contributed by atoms with Crippen LogP contribution in [0.3, 0.4) is 0 Å². The van der Waals surface area contributed by atoms with Crippen molar-refractivity contribution < 1.29 is 23.0 Å². The van der Waals surface area contributed by atoms with Gasteiger partial charge in [0, 0.05) is 18.2 Å². The Kier molecular flexibility index (Phi) is 3.77. The molecular formula is C12H14F3NO2. The monoisotopic (exact) mass is 261 g/mol. The van der Waals surface area contributed by atoms with Gasteiger partial charge in [0.25, 0.3) is 0 Å². The average molecular weight is 261 g/mol. The molecule has 6 heteroatoms. The van der Waals surface area contributed by atoms with Crippen molar-refractivity contribution in [3.8, 4) is 5.75 Å². The molecule has 0 amide bonds. The summed E-state index contributed by atoms with van der Waals surface area (Å²) in [6.45, 7) is 0.295. The zero-order chi connectivity index (χ0) is 13.2.